The van der Waals surface area contributed by atoms with Crippen molar-refractivity contribution in [3.8, 4) is 0 Å². The Morgan fingerprint density at radius 2 is 2.00 bits per heavy atom. The Bertz CT molecular complexity index is 254. The van der Waals surface area contributed by atoms with Crippen LogP contribution in [0.4, 0.5) is 0 Å². The molecule has 3 nitrogen and oxygen atoms in total. The van der Waals surface area contributed by atoms with Gasteiger partial charge in [0.25, 0.3) is 0 Å². The molecule has 0 heterocycles. The van der Waals surface area contributed by atoms with Crippen molar-refractivity contribution in [3.63, 3.8) is 0 Å². The molecule has 0 amide bonds. The first-order valence-electron chi connectivity index (χ1n) is 7.03. The van der Waals surface area contributed by atoms with Crippen molar-refractivity contribution in [3.05, 3.63) is 0 Å². The lowest BCUT2D eigenvalue weighted by molar-refractivity contribution is 0.216. The van der Waals surface area contributed by atoms with Crippen LogP contribution < -0.4 is 10.6 Å². The fourth-order valence-electron chi connectivity index (χ4n) is 2.35. The highest BCUT2D eigenvalue weighted by Gasteiger charge is 2.26. The normalized spacial score (nSPS) is 20.8. The van der Waals surface area contributed by atoms with Gasteiger partial charge in [-0.3, -0.25) is 4.99 Å². The summed E-state index contributed by atoms with van der Waals surface area (Å²) < 4.78 is 0. The Hall–Kier alpha value is -0.380. The van der Waals surface area contributed by atoms with Crippen LogP contribution in [0.1, 0.15) is 46.0 Å². The van der Waals surface area contributed by atoms with E-state index >= 15 is 0 Å². The summed E-state index contributed by atoms with van der Waals surface area (Å²) in [7, 11) is 1.86. The number of guanidine groups is 1. The van der Waals surface area contributed by atoms with Gasteiger partial charge in [-0.15, -0.1) is 0 Å². The van der Waals surface area contributed by atoms with Crippen LogP contribution in [-0.2, 0) is 0 Å². The van der Waals surface area contributed by atoms with E-state index in [1.165, 1.54) is 37.9 Å². The number of nitrogens with zero attached hydrogens (tertiary/aromatic N) is 1. The van der Waals surface area contributed by atoms with Crippen molar-refractivity contribution in [2.45, 2.75) is 52.0 Å². The second-order valence-electron chi connectivity index (χ2n) is 5.93. The van der Waals surface area contributed by atoms with Crippen molar-refractivity contribution >= 4 is 17.7 Å². The molecule has 1 fully saturated rings. The van der Waals surface area contributed by atoms with Crippen LogP contribution in [0.25, 0.3) is 0 Å². The van der Waals surface area contributed by atoms with Crippen LogP contribution in [0, 0.1) is 5.41 Å². The van der Waals surface area contributed by atoms with Gasteiger partial charge in [-0.05, 0) is 49.5 Å². The zero-order valence-electron chi connectivity index (χ0n) is 12.4. The molecule has 2 N–H and O–H groups in total. The summed E-state index contributed by atoms with van der Waals surface area (Å²) in [4.78, 5) is 4.30. The quantitative estimate of drug-likeness (QED) is 0.458. The summed E-state index contributed by atoms with van der Waals surface area (Å²) >= 11 is 1.90. The lowest BCUT2D eigenvalue weighted by Crippen LogP contribution is -2.45. The standard InChI is InChI=1S/C14H29N3S/c1-14(2)8-6-12(7-9-14)17-13(15-3)16-10-5-11-18-4/h12H,5-11H2,1-4H3,(H2,15,16,17). The van der Waals surface area contributed by atoms with E-state index in [1.54, 1.807) is 0 Å². The van der Waals surface area contributed by atoms with E-state index in [0.29, 0.717) is 11.5 Å². The molecule has 1 aliphatic carbocycles. The maximum Gasteiger partial charge on any atom is 0.191 e. The average Bonchev–Trinajstić information content (AvgIpc) is 2.35. The first-order chi connectivity index (χ1) is 8.57. The Kier molecular flexibility index (Phi) is 6.90. The van der Waals surface area contributed by atoms with Gasteiger partial charge in [0.1, 0.15) is 0 Å². The lowest BCUT2D eigenvalue weighted by atomic mass is 9.75. The third kappa shape index (κ3) is 5.98. The molecule has 0 saturated heterocycles. The third-order valence-corrected chi connectivity index (χ3v) is 4.42. The Morgan fingerprint density at radius 3 is 2.56 bits per heavy atom. The fraction of sp³-hybridized carbons (Fsp3) is 0.929. The minimum absolute atomic E-state index is 0.535. The second-order valence-corrected chi connectivity index (χ2v) is 6.91. The minimum atomic E-state index is 0.535. The number of thioether (sulfide) groups is 1. The molecule has 0 radical (unpaired) electrons. The first kappa shape index (κ1) is 15.7. The highest BCUT2D eigenvalue weighted by Crippen LogP contribution is 2.34. The number of rotatable bonds is 5. The molecule has 1 aliphatic rings. The molecule has 1 rings (SSSR count). The zero-order chi connectivity index (χ0) is 13.4. The summed E-state index contributed by atoms with van der Waals surface area (Å²) in [6.45, 7) is 5.76. The minimum Gasteiger partial charge on any atom is -0.356 e. The lowest BCUT2D eigenvalue weighted by Gasteiger charge is -2.35. The van der Waals surface area contributed by atoms with Crippen molar-refractivity contribution in [1.29, 1.82) is 0 Å². The van der Waals surface area contributed by atoms with Crippen molar-refractivity contribution in [2.75, 3.05) is 25.6 Å². The van der Waals surface area contributed by atoms with Gasteiger partial charge >= 0.3 is 0 Å². The monoisotopic (exact) mass is 271 g/mol. The topological polar surface area (TPSA) is 36.4 Å². The molecule has 0 aromatic rings. The van der Waals surface area contributed by atoms with Crippen LogP contribution in [0.2, 0.25) is 0 Å². The van der Waals surface area contributed by atoms with Gasteiger partial charge in [0.05, 0.1) is 0 Å². The molecule has 0 aromatic heterocycles. The van der Waals surface area contributed by atoms with Gasteiger partial charge in [-0.2, -0.15) is 11.8 Å². The maximum absolute atomic E-state index is 4.30. The Morgan fingerprint density at radius 1 is 1.33 bits per heavy atom. The summed E-state index contributed by atoms with van der Waals surface area (Å²) in [5.74, 6) is 2.18. The predicted octanol–water partition coefficient (Wildman–Crippen LogP) is 2.87. The fourth-order valence-corrected chi connectivity index (χ4v) is 2.79. The van der Waals surface area contributed by atoms with Gasteiger partial charge in [0, 0.05) is 19.6 Å². The Balaban J connectivity index is 2.23. The molecule has 0 bridgehead atoms. The summed E-state index contributed by atoms with van der Waals surface area (Å²) in [5, 5.41) is 6.95. The van der Waals surface area contributed by atoms with E-state index in [0.717, 1.165) is 12.5 Å². The smallest absolute Gasteiger partial charge is 0.191 e. The van der Waals surface area contributed by atoms with Crippen LogP contribution in [-0.4, -0.2) is 37.6 Å². The predicted molar refractivity (Wildman–Crippen MR) is 83.5 cm³/mol. The largest absolute Gasteiger partial charge is 0.356 e. The van der Waals surface area contributed by atoms with Crippen molar-refractivity contribution < 1.29 is 0 Å². The summed E-state index contributed by atoms with van der Waals surface area (Å²) in [6.07, 6.45) is 8.50. The molecular formula is C14H29N3S. The number of aliphatic imine (C=N–C) groups is 1. The second kappa shape index (κ2) is 7.93. The number of hydrogen-bond donors (Lipinski definition) is 2. The van der Waals surface area contributed by atoms with E-state index in [9.17, 15) is 0 Å². The zero-order valence-corrected chi connectivity index (χ0v) is 13.2. The van der Waals surface area contributed by atoms with E-state index in [4.69, 9.17) is 0 Å². The van der Waals surface area contributed by atoms with Gasteiger partial charge in [-0.1, -0.05) is 13.8 Å². The highest BCUT2D eigenvalue weighted by atomic mass is 32.2. The molecule has 0 unspecified atom stereocenters. The van der Waals surface area contributed by atoms with Crippen molar-refractivity contribution in [2.24, 2.45) is 10.4 Å². The molecule has 18 heavy (non-hydrogen) atoms. The third-order valence-electron chi connectivity index (χ3n) is 3.72. The SMILES string of the molecule is CN=C(NCCCSC)NC1CCC(C)(C)CC1. The maximum atomic E-state index is 4.30. The summed E-state index contributed by atoms with van der Waals surface area (Å²) in [6, 6.07) is 0.602. The van der Waals surface area contributed by atoms with Crippen LogP contribution in [0.3, 0.4) is 0 Å². The number of nitrogens with one attached hydrogen (secondary N) is 2. The highest BCUT2D eigenvalue weighted by molar-refractivity contribution is 7.98. The van der Waals surface area contributed by atoms with E-state index in [2.05, 4.69) is 35.7 Å². The van der Waals surface area contributed by atoms with Crippen LogP contribution in [0.15, 0.2) is 4.99 Å². The molecule has 0 atom stereocenters. The molecule has 4 heteroatoms. The molecule has 106 valence electrons. The van der Waals surface area contributed by atoms with E-state index in [1.807, 2.05) is 18.8 Å². The van der Waals surface area contributed by atoms with Gasteiger partial charge < -0.3 is 10.6 Å². The van der Waals surface area contributed by atoms with Gasteiger partial charge in [0.15, 0.2) is 5.96 Å². The van der Waals surface area contributed by atoms with E-state index in [-0.39, 0.29) is 0 Å². The molecule has 0 spiro atoms. The molecule has 0 aliphatic heterocycles. The average molecular weight is 271 g/mol. The molecular weight excluding hydrogens is 242 g/mol. The molecule has 0 aromatic carbocycles. The first-order valence-corrected chi connectivity index (χ1v) is 8.43. The van der Waals surface area contributed by atoms with Crippen LogP contribution in [0.5, 0.6) is 0 Å². The van der Waals surface area contributed by atoms with Gasteiger partial charge in [-0.25, -0.2) is 0 Å². The van der Waals surface area contributed by atoms with E-state index < -0.39 is 0 Å². The summed E-state index contributed by atoms with van der Waals surface area (Å²) in [5.41, 5.74) is 0.535. The Labute approximate surface area is 117 Å². The van der Waals surface area contributed by atoms with Crippen molar-refractivity contribution in [1.82, 2.24) is 10.6 Å². The van der Waals surface area contributed by atoms with Crippen LogP contribution >= 0.6 is 11.8 Å². The molecule has 1 saturated carbocycles. The van der Waals surface area contributed by atoms with Gasteiger partial charge in [0.2, 0.25) is 0 Å². The number of hydrogen-bond acceptors (Lipinski definition) is 2.